The van der Waals surface area contributed by atoms with Gasteiger partial charge in [-0.3, -0.25) is 9.59 Å². The average Bonchev–Trinajstić information content (AvgIpc) is 3.63. The Morgan fingerprint density at radius 1 is 1.10 bits per heavy atom. The van der Waals surface area contributed by atoms with Gasteiger partial charge in [0, 0.05) is 25.4 Å². The first-order valence-electron chi connectivity index (χ1n) is 18.4. The van der Waals surface area contributed by atoms with Gasteiger partial charge in [0.2, 0.25) is 0 Å². The number of aliphatic hydroxyl groups excluding tert-OH is 2. The van der Waals surface area contributed by atoms with Crippen molar-refractivity contribution >= 4 is 17.5 Å². The SMILES string of the molecule is C=C1OC(=O)C(C(=O)C[C@@H]2O[C@@H]([C@H](C)[C@H](O)[C@H](CC)C(=O)[C@](C)(O)[C@@H]3CCC(CC)([C@@H]4CC[C@@](O)([C@@H](C)OC)[C@@H](C)O4)O3)[C@@H](C)C[C@@H]2C)=C1O. The van der Waals surface area contributed by atoms with E-state index in [1.807, 2.05) is 34.6 Å². The highest BCUT2D eigenvalue weighted by Gasteiger charge is 2.57. The van der Waals surface area contributed by atoms with Gasteiger partial charge in [0.25, 0.3) is 0 Å². The fraction of sp³-hybridized carbons (Fsp3) is 0.816. The Morgan fingerprint density at radius 3 is 2.30 bits per heavy atom. The van der Waals surface area contributed by atoms with Gasteiger partial charge in [0.1, 0.15) is 16.8 Å². The topological polar surface area (TPSA) is 178 Å². The van der Waals surface area contributed by atoms with Crippen molar-refractivity contribution in [2.75, 3.05) is 7.11 Å². The lowest BCUT2D eigenvalue weighted by Crippen LogP contribution is -2.60. The molecule has 14 atom stereocenters. The fourth-order valence-electron chi connectivity index (χ4n) is 8.91. The average molecular weight is 709 g/mol. The van der Waals surface area contributed by atoms with Gasteiger partial charge in [0.15, 0.2) is 23.1 Å². The van der Waals surface area contributed by atoms with Crippen LogP contribution in [0.25, 0.3) is 0 Å². The van der Waals surface area contributed by atoms with Gasteiger partial charge in [-0.05, 0) is 77.6 Å². The van der Waals surface area contributed by atoms with Crippen molar-refractivity contribution in [2.45, 2.75) is 166 Å². The summed E-state index contributed by atoms with van der Waals surface area (Å²) in [6.45, 7) is 18.1. The Bertz CT molecular complexity index is 1320. The fourth-order valence-corrected chi connectivity index (χ4v) is 8.91. The van der Waals surface area contributed by atoms with E-state index in [9.17, 15) is 34.8 Å². The summed E-state index contributed by atoms with van der Waals surface area (Å²) in [4.78, 5) is 39.4. The third-order valence-electron chi connectivity index (χ3n) is 12.6. The van der Waals surface area contributed by atoms with Crippen LogP contribution < -0.4 is 0 Å². The number of rotatable bonds is 14. The number of ketones is 2. The van der Waals surface area contributed by atoms with Crippen LogP contribution in [0.1, 0.15) is 107 Å². The zero-order valence-corrected chi connectivity index (χ0v) is 31.3. The van der Waals surface area contributed by atoms with Gasteiger partial charge in [-0.25, -0.2) is 4.79 Å². The van der Waals surface area contributed by atoms with E-state index in [1.54, 1.807) is 21.0 Å². The van der Waals surface area contributed by atoms with E-state index < -0.39 is 94.1 Å². The van der Waals surface area contributed by atoms with Gasteiger partial charge in [-0.15, -0.1) is 0 Å². The first-order valence-corrected chi connectivity index (χ1v) is 18.4. The maximum Gasteiger partial charge on any atom is 0.351 e. The van der Waals surface area contributed by atoms with Crippen LogP contribution in [0, 0.1) is 23.7 Å². The van der Waals surface area contributed by atoms with Gasteiger partial charge in [-0.1, -0.05) is 41.2 Å². The lowest BCUT2D eigenvalue weighted by molar-refractivity contribution is -0.255. The van der Waals surface area contributed by atoms with E-state index >= 15 is 0 Å². The molecule has 0 aliphatic carbocycles. The van der Waals surface area contributed by atoms with E-state index in [4.69, 9.17) is 23.7 Å². The van der Waals surface area contributed by atoms with Crippen LogP contribution in [0.4, 0.5) is 0 Å². The molecule has 1 unspecified atom stereocenters. The maximum atomic E-state index is 14.2. The largest absolute Gasteiger partial charge is 0.504 e. The molecule has 12 heteroatoms. The lowest BCUT2D eigenvalue weighted by atomic mass is 9.73. The summed E-state index contributed by atoms with van der Waals surface area (Å²) in [6.07, 6.45) is -1.08. The molecule has 4 heterocycles. The zero-order valence-electron chi connectivity index (χ0n) is 31.3. The van der Waals surface area contributed by atoms with E-state index in [-0.39, 0.29) is 36.5 Å². The molecule has 4 N–H and O–H groups in total. The highest BCUT2D eigenvalue weighted by Crippen LogP contribution is 2.47. The first kappa shape index (κ1) is 40.6. The molecular formula is C38H60O12. The summed E-state index contributed by atoms with van der Waals surface area (Å²) >= 11 is 0. The third kappa shape index (κ3) is 7.36. The molecule has 4 aliphatic heterocycles. The molecular weight excluding hydrogens is 648 g/mol. The molecule has 4 aliphatic rings. The number of methoxy groups -OCH3 is 1. The number of Topliss-reactive ketones (excluding diaryl/α,β-unsaturated/α-hetero) is 2. The molecule has 12 nitrogen and oxygen atoms in total. The second kappa shape index (κ2) is 15.4. The molecule has 0 aromatic carbocycles. The van der Waals surface area contributed by atoms with Crippen LogP contribution in [-0.4, -0.2) is 105 Å². The molecule has 0 bridgehead atoms. The summed E-state index contributed by atoms with van der Waals surface area (Å²) in [7, 11) is 1.56. The number of carbonyl (C=O) groups excluding carboxylic acids is 3. The summed E-state index contributed by atoms with van der Waals surface area (Å²) in [6, 6.07) is 0. The van der Waals surface area contributed by atoms with Crippen LogP contribution in [0.3, 0.4) is 0 Å². The Balaban J connectivity index is 1.45. The van der Waals surface area contributed by atoms with Crippen molar-refractivity contribution in [3.05, 3.63) is 23.7 Å². The predicted molar refractivity (Wildman–Crippen MR) is 183 cm³/mol. The maximum absolute atomic E-state index is 14.2. The van der Waals surface area contributed by atoms with E-state index in [0.717, 1.165) is 0 Å². The van der Waals surface area contributed by atoms with Gasteiger partial charge in [0.05, 0.1) is 48.3 Å². The Kier molecular flexibility index (Phi) is 12.5. The standard InChI is InChI=1S/C38H60O12/c1-11-25(31(40)21(5)33-20(4)17-19(3)27(49-33)18-26(39)30-32(41)22(6)47-35(30)43)34(42)36(9,44)28-13-15-37(12-2,50-28)29-14-16-38(45,23(7)46-10)24(8)48-29/h19-21,23-25,27-29,31,33,40-41,44-45H,6,11-18H2,1-5,7-10H3/t19-,20-,21+,23+,24+,25-,27-,28-,29-,31-,33+,36+,37?,38+/m0/s1. The number of ether oxygens (including phenoxy) is 5. The molecule has 0 aromatic rings. The van der Waals surface area contributed by atoms with E-state index in [2.05, 4.69) is 6.58 Å². The highest BCUT2D eigenvalue weighted by molar-refractivity contribution is 6.20. The number of cyclic esters (lactones) is 1. The van der Waals surface area contributed by atoms with Crippen molar-refractivity contribution in [2.24, 2.45) is 23.7 Å². The van der Waals surface area contributed by atoms with Crippen LogP contribution in [-0.2, 0) is 38.1 Å². The summed E-state index contributed by atoms with van der Waals surface area (Å²) in [5.74, 6) is -4.47. The highest BCUT2D eigenvalue weighted by atomic mass is 16.6. The summed E-state index contributed by atoms with van der Waals surface area (Å²) in [5, 5.41) is 45.0. The second-order valence-corrected chi connectivity index (χ2v) is 15.6. The van der Waals surface area contributed by atoms with Crippen molar-refractivity contribution in [3.8, 4) is 0 Å². The molecule has 0 aromatic heterocycles. The normalized spacial score (nSPS) is 38.7. The lowest BCUT2D eigenvalue weighted by Gasteiger charge is -2.49. The van der Waals surface area contributed by atoms with E-state index in [0.29, 0.717) is 38.5 Å². The van der Waals surface area contributed by atoms with Crippen molar-refractivity contribution < 1.29 is 58.5 Å². The summed E-state index contributed by atoms with van der Waals surface area (Å²) < 4.78 is 29.7. The predicted octanol–water partition coefficient (Wildman–Crippen LogP) is 4.26. The zero-order chi connectivity index (χ0) is 37.5. The number of carbonyl (C=O) groups is 3. The molecule has 0 saturated carbocycles. The van der Waals surface area contributed by atoms with E-state index in [1.165, 1.54) is 6.92 Å². The third-order valence-corrected chi connectivity index (χ3v) is 12.6. The monoisotopic (exact) mass is 708 g/mol. The minimum Gasteiger partial charge on any atom is -0.504 e. The molecule has 50 heavy (non-hydrogen) atoms. The smallest absolute Gasteiger partial charge is 0.351 e. The number of esters is 1. The number of aliphatic hydroxyl groups is 4. The van der Waals surface area contributed by atoms with Gasteiger partial charge >= 0.3 is 5.97 Å². The molecule has 0 spiro atoms. The Morgan fingerprint density at radius 2 is 1.76 bits per heavy atom. The minimum absolute atomic E-state index is 0.0243. The molecule has 3 saturated heterocycles. The molecule has 284 valence electrons. The Labute approximate surface area is 296 Å². The number of hydrogen-bond donors (Lipinski definition) is 4. The van der Waals surface area contributed by atoms with Crippen LogP contribution in [0.2, 0.25) is 0 Å². The molecule has 0 amide bonds. The van der Waals surface area contributed by atoms with Crippen LogP contribution in [0.5, 0.6) is 0 Å². The van der Waals surface area contributed by atoms with Gasteiger partial charge < -0.3 is 44.1 Å². The quantitative estimate of drug-likeness (QED) is 0.149. The van der Waals surface area contributed by atoms with Crippen molar-refractivity contribution in [3.63, 3.8) is 0 Å². The molecule has 0 radical (unpaired) electrons. The van der Waals surface area contributed by atoms with Crippen molar-refractivity contribution in [1.29, 1.82) is 0 Å². The first-order chi connectivity index (χ1) is 23.3. The van der Waals surface area contributed by atoms with Crippen LogP contribution >= 0.6 is 0 Å². The van der Waals surface area contributed by atoms with Crippen molar-refractivity contribution in [1.82, 2.24) is 0 Å². The summed E-state index contributed by atoms with van der Waals surface area (Å²) in [5.41, 5.74) is -4.24. The Hall–Kier alpha value is -2.19. The van der Waals surface area contributed by atoms with Crippen LogP contribution in [0.15, 0.2) is 23.7 Å². The number of hydrogen-bond acceptors (Lipinski definition) is 12. The minimum atomic E-state index is -1.90. The van der Waals surface area contributed by atoms with Gasteiger partial charge in [-0.2, -0.15) is 0 Å². The molecule has 3 fully saturated rings. The molecule has 4 rings (SSSR count). The second-order valence-electron chi connectivity index (χ2n) is 15.6.